The number of nitrogens with zero attached hydrogens (tertiary/aromatic N) is 3. The van der Waals surface area contributed by atoms with Crippen molar-refractivity contribution in [2.75, 3.05) is 4.90 Å². The predicted molar refractivity (Wildman–Crippen MR) is 203 cm³/mol. The smallest absolute Gasteiger partial charge is 0.135 e. The van der Waals surface area contributed by atoms with Crippen molar-refractivity contribution in [3.05, 3.63) is 176 Å². The molecule has 0 aliphatic carbocycles. The van der Waals surface area contributed by atoms with Crippen molar-refractivity contribution in [2.24, 2.45) is 0 Å². The predicted octanol–water partition coefficient (Wildman–Crippen LogP) is 12.4. The number of para-hydroxylation sites is 2. The van der Waals surface area contributed by atoms with Gasteiger partial charge in [-0.25, -0.2) is 0 Å². The zero-order chi connectivity index (χ0) is 32.3. The summed E-state index contributed by atoms with van der Waals surface area (Å²) in [5, 5.41) is 7.06. The summed E-state index contributed by atoms with van der Waals surface area (Å²) >= 11 is 0. The molecule has 230 valence electrons. The molecule has 7 aromatic carbocycles. The van der Waals surface area contributed by atoms with Crippen LogP contribution < -0.4 is 4.90 Å². The van der Waals surface area contributed by atoms with E-state index in [2.05, 4.69) is 160 Å². The molecule has 3 aromatic heterocycles. The first-order valence-electron chi connectivity index (χ1n) is 16.5. The summed E-state index contributed by atoms with van der Waals surface area (Å²) in [4.78, 5) is 6.83. The van der Waals surface area contributed by atoms with Crippen LogP contribution in [0.3, 0.4) is 0 Å². The zero-order valence-electron chi connectivity index (χ0n) is 26.5. The van der Waals surface area contributed by atoms with Gasteiger partial charge in [-0.05, 0) is 89.3 Å². The van der Waals surface area contributed by atoms with E-state index in [1.807, 2.05) is 30.6 Å². The van der Waals surface area contributed by atoms with E-state index in [4.69, 9.17) is 4.42 Å². The Kier molecular flexibility index (Phi) is 6.15. The van der Waals surface area contributed by atoms with Gasteiger partial charge in [0, 0.05) is 44.5 Å². The minimum absolute atomic E-state index is 0.906. The highest BCUT2D eigenvalue weighted by molar-refractivity contribution is 6.12. The van der Waals surface area contributed by atoms with E-state index in [0.29, 0.717) is 0 Å². The van der Waals surface area contributed by atoms with E-state index in [1.54, 1.807) is 0 Å². The SMILES string of the molecule is c1ccc(-n2c3ccc(-c4ccc5oc6ccccc6c5c4)cc3c3ccc(N(c4cccnc4)c4cccc5ccccc45)cc32)cc1. The monoisotopic (exact) mass is 627 g/mol. The van der Waals surface area contributed by atoms with Crippen LogP contribution in [0, 0.1) is 0 Å². The minimum Gasteiger partial charge on any atom is -0.456 e. The van der Waals surface area contributed by atoms with E-state index in [-0.39, 0.29) is 0 Å². The highest BCUT2D eigenvalue weighted by Crippen LogP contribution is 2.42. The van der Waals surface area contributed by atoms with Gasteiger partial charge in [-0.1, -0.05) is 91.0 Å². The molecule has 4 nitrogen and oxygen atoms in total. The van der Waals surface area contributed by atoms with Gasteiger partial charge in [0.15, 0.2) is 0 Å². The summed E-state index contributed by atoms with van der Waals surface area (Å²) in [6.07, 6.45) is 3.76. The molecule has 0 aliphatic rings. The second-order valence-corrected chi connectivity index (χ2v) is 12.5. The fourth-order valence-electron chi connectivity index (χ4n) is 7.41. The lowest BCUT2D eigenvalue weighted by Gasteiger charge is -2.26. The molecule has 0 amide bonds. The summed E-state index contributed by atoms with van der Waals surface area (Å²) in [6.45, 7) is 0. The fourth-order valence-corrected chi connectivity index (χ4v) is 7.41. The molecule has 3 heterocycles. The Bertz CT molecular complexity index is 2830. The molecule has 10 aromatic rings. The first-order valence-corrected chi connectivity index (χ1v) is 16.5. The van der Waals surface area contributed by atoms with Crippen LogP contribution in [0.5, 0.6) is 0 Å². The van der Waals surface area contributed by atoms with Crippen molar-refractivity contribution >= 4 is 71.6 Å². The largest absolute Gasteiger partial charge is 0.456 e. The van der Waals surface area contributed by atoms with Gasteiger partial charge in [0.25, 0.3) is 0 Å². The van der Waals surface area contributed by atoms with Crippen molar-refractivity contribution in [1.29, 1.82) is 0 Å². The third kappa shape index (κ3) is 4.42. The topological polar surface area (TPSA) is 34.2 Å². The van der Waals surface area contributed by atoms with Crippen molar-refractivity contribution in [3.8, 4) is 16.8 Å². The lowest BCUT2D eigenvalue weighted by Crippen LogP contribution is -2.10. The summed E-state index contributed by atoms with van der Waals surface area (Å²) < 4.78 is 8.51. The van der Waals surface area contributed by atoms with Crippen LogP contribution in [0.2, 0.25) is 0 Å². The summed E-state index contributed by atoms with van der Waals surface area (Å²) in [7, 11) is 0. The number of anilines is 3. The summed E-state index contributed by atoms with van der Waals surface area (Å²) in [5.41, 5.74) is 10.8. The third-order valence-corrected chi connectivity index (χ3v) is 9.64. The molecule has 0 N–H and O–H groups in total. The standard InChI is InChI=1S/C45H29N3O/c1-2-12-33(13-3-1)48-42-23-19-31(32-20-24-45-40(27-32)38-16-6-7-18-44(38)49-45)26-39(42)37-22-21-34(28-43(37)48)47(35-14-9-25-46-29-35)41-17-8-11-30-10-4-5-15-36(30)41/h1-29H. The maximum absolute atomic E-state index is 6.13. The Hall–Kier alpha value is -6.65. The molecule has 0 atom stereocenters. The highest BCUT2D eigenvalue weighted by Gasteiger charge is 2.19. The first-order chi connectivity index (χ1) is 24.3. The molecule has 0 spiro atoms. The number of hydrogen-bond acceptors (Lipinski definition) is 3. The van der Waals surface area contributed by atoms with Crippen molar-refractivity contribution in [2.45, 2.75) is 0 Å². The minimum atomic E-state index is 0.906. The van der Waals surface area contributed by atoms with Gasteiger partial charge in [-0.15, -0.1) is 0 Å². The Morgan fingerprint density at radius 1 is 0.469 bits per heavy atom. The van der Waals surface area contributed by atoms with Crippen LogP contribution >= 0.6 is 0 Å². The van der Waals surface area contributed by atoms with E-state index in [1.165, 1.54) is 27.1 Å². The van der Waals surface area contributed by atoms with Crippen LogP contribution in [0.1, 0.15) is 0 Å². The third-order valence-electron chi connectivity index (χ3n) is 9.64. The number of furan rings is 1. The van der Waals surface area contributed by atoms with Gasteiger partial charge < -0.3 is 13.9 Å². The van der Waals surface area contributed by atoms with Crippen LogP contribution in [0.15, 0.2) is 181 Å². The van der Waals surface area contributed by atoms with E-state index in [9.17, 15) is 0 Å². The Morgan fingerprint density at radius 2 is 1.22 bits per heavy atom. The number of pyridine rings is 1. The number of fused-ring (bicyclic) bond motifs is 7. The highest BCUT2D eigenvalue weighted by atomic mass is 16.3. The van der Waals surface area contributed by atoms with E-state index >= 15 is 0 Å². The van der Waals surface area contributed by atoms with Gasteiger partial charge >= 0.3 is 0 Å². The molecular formula is C45H29N3O. The number of hydrogen-bond donors (Lipinski definition) is 0. The molecule has 0 fully saturated rings. The Labute approximate surface area is 282 Å². The van der Waals surface area contributed by atoms with Gasteiger partial charge in [-0.3, -0.25) is 4.98 Å². The van der Waals surface area contributed by atoms with Crippen LogP contribution in [0.25, 0.3) is 71.3 Å². The first kappa shape index (κ1) is 27.5. The fraction of sp³-hybridized carbons (Fsp3) is 0. The molecule has 4 heteroatoms. The maximum Gasteiger partial charge on any atom is 0.135 e. The molecule has 10 rings (SSSR count). The van der Waals surface area contributed by atoms with Gasteiger partial charge in [-0.2, -0.15) is 0 Å². The quantitative estimate of drug-likeness (QED) is 0.190. The summed E-state index contributed by atoms with van der Waals surface area (Å²) in [6, 6.07) is 58.2. The molecule has 0 unspecified atom stereocenters. The lowest BCUT2D eigenvalue weighted by atomic mass is 10.0. The van der Waals surface area contributed by atoms with Crippen molar-refractivity contribution in [3.63, 3.8) is 0 Å². The number of benzene rings is 7. The maximum atomic E-state index is 6.13. The van der Waals surface area contributed by atoms with Gasteiger partial charge in [0.2, 0.25) is 0 Å². The molecule has 49 heavy (non-hydrogen) atoms. The van der Waals surface area contributed by atoms with Crippen LogP contribution in [-0.2, 0) is 0 Å². The lowest BCUT2D eigenvalue weighted by molar-refractivity contribution is 0.669. The molecule has 0 bridgehead atoms. The van der Waals surface area contributed by atoms with Crippen molar-refractivity contribution in [1.82, 2.24) is 9.55 Å². The second-order valence-electron chi connectivity index (χ2n) is 12.5. The second kappa shape index (κ2) is 11.0. The van der Waals surface area contributed by atoms with Crippen LogP contribution in [-0.4, -0.2) is 9.55 Å². The molecule has 0 aliphatic heterocycles. The Morgan fingerprint density at radius 3 is 2.10 bits per heavy atom. The number of rotatable bonds is 5. The number of aromatic nitrogens is 2. The molecule has 0 saturated carbocycles. The molecule has 0 saturated heterocycles. The van der Waals surface area contributed by atoms with Crippen LogP contribution in [0.4, 0.5) is 17.1 Å². The zero-order valence-corrected chi connectivity index (χ0v) is 26.5. The van der Waals surface area contributed by atoms with E-state index < -0.39 is 0 Å². The average molecular weight is 628 g/mol. The average Bonchev–Trinajstić information content (AvgIpc) is 3.70. The van der Waals surface area contributed by atoms with E-state index in [0.717, 1.165) is 61.3 Å². The summed E-state index contributed by atoms with van der Waals surface area (Å²) in [5.74, 6) is 0. The van der Waals surface area contributed by atoms with Crippen molar-refractivity contribution < 1.29 is 4.42 Å². The molecule has 0 radical (unpaired) electrons. The Balaban J connectivity index is 1.21. The van der Waals surface area contributed by atoms with Gasteiger partial charge in [0.1, 0.15) is 11.2 Å². The normalized spacial score (nSPS) is 11.7. The molecular weight excluding hydrogens is 599 g/mol. The van der Waals surface area contributed by atoms with Gasteiger partial charge in [0.05, 0.1) is 28.6 Å².